The number of nitrogens with one attached hydrogen (secondary N) is 1. The number of benzene rings is 2. The van der Waals surface area contributed by atoms with Crippen LogP contribution in [0.5, 0.6) is 5.75 Å². The second-order valence-corrected chi connectivity index (χ2v) is 11.1. The summed E-state index contributed by atoms with van der Waals surface area (Å²) in [6, 6.07) is 17.3. The highest BCUT2D eigenvalue weighted by Crippen LogP contribution is 2.34. The summed E-state index contributed by atoms with van der Waals surface area (Å²) < 4.78 is 6.22. The third-order valence-electron chi connectivity index (χ3n) is 6.80. The van der Waals surface area contributed by atoms with Gasteiger partial charge < -0.3 is 19.9 Å². The summed E-state index contributed by atoms with van der Waals surface area (Å²) in [6.45, 7) is 9.82. The highest BCUT2D eigenvalue weighted by molar-refractivity contribution is 7.10. The van der Waals surface area contributed by atoms with Crippen LogP contribution in [-0.2, 0) is 11.2 Å². The predicted molar refractivity (Wildman–Crippen MR) is 150 cm³/mol. The number of aryl methyl sites for hydroxylation is 2. The van der Waals surface area contributed by atoms with E-state index < -0.39 is 0 Å². The zero-order valence-electron chi connectivity index (χ0n) is 22.2. The molecule has 1 atom stereocenters. The van der Waals surface area contributed by atoms with Crippen LogP contribution >= 0.6 is 11.3 Å². The van der Waals surface area contributed by atoms with Gasteiger partial charge in [0.15, 0.2) is 0 Å². The Morgan fingerprint density at radius 3 is 2.59 bits per heavy atom. The first kappa shape index (κ1) is 26.7. The summed E-state index contributed by atoms with van der Waals surface area (Å²) in [5, 5.41) is 5.06. The Morgan fingerprint density at radius 1 is 1.11 bits per heavy atom. The van der Waals surface area contributed by atoms with Crippen molar-refractivity contribution < 1.29 is 14.3 Å². The predicted octanol–water partition coefficient (Wildman–Crippen LogP) is 6.45. The van der Waals surface area contributed by atoms with Crippen LogP contribution in [0.2, 0.25) is 0 Å². The Labute approximate surface area is 224 Å². The normalized spacial score (nSPS) is 14.8. The van der Waals surface area contributed by atoms with Crippen molar-refractivity contribution in [1.29, 1.82) is 0 Å². The zero-order valence-corrected chi connectivity index (χ0v) is 23.0. The van der Waals surface area contributed by atoms with E-state index >= 15 is 0 Å². The van der Waals surface area contributed by atoms with Crippen molar-refractivity contribution in [2.75, 3.05) is 31.6 Å². The van der Waals surface area contributed by atoms with Crippen LogP contribution in [0.1, 0.15) is 47.9 Å². The maximum absolute atomic E-state index is 13.7. The van der Waals surface area contributed by atoms with Gasteiger partial charge in [-0.05, 0) is 73.4 Å². The summed E-state index contributed by atoms with van der Waals surface area (Å²) in [5.74, 6) is 1.19. The van der Waals surface area contributed by atoms with Crippen molar-refractivity contribution in [2.45, 2.75) is 46.6 Å². The lowest BCUT2D eigenvalue weighted by atomic mass is 10.00. The monoisotopic (exact) mass is 519 g/mol. The minimum absolute atomic E-state index is 0.0325. The Hall–Kier alpha value is -3.32. The molecule has 3 aromatic rings. The molecule has 0 aliphatic carbocycles. The van der Waals surface area contributed by atoms with E-state index in [0.717, 1.165) is 41.0 Å². The van der Waals surface area contributed by atoms with Crippen LogP contribution in [-0.4, -0.2) is 48.0 Å². The van der Waals surface area contributed by atoms with E-state index in [1.807, 2.05) is 67.3 Å². The van der Waals surface area contributed by atoms with E-state index in [4.69, 9.17) is 4.74 Å². The second-order valence-electron chi connectivity index (χ2n) is 10.1. The molecule has 4 rings (SSSR count). The molecule has 7 heteroatoms. The van der Waals surface area contributed by atoms with Crippen molar-refractivity contribution in [3.8, 4) is 5.75 Å². The van der Waals surface area contributed by atoms with Crippen molar-refractivity contribution in [2.24, 2.45) is 5.92 Å². The van der Waals surface area contributed by atoms with Crippen molar-refractivity contribution in [3.05, 3.63) is 81.5 Å². The molecule has 0 radical (unpaired) electrons. The first-order valence-electron chi connectivity index (χ1n) is 13.0. The maximum atomic E-state index is 13.7. The van der Waals surface area contributed by atoms with Gasteiger partial charge >= 0.3 is 6.03 Å². The van der Waals surface area contributed by atoms with E-state index in [9.17, 15) is 9.59 Å². The van der Waals surface area contributed by atoms with Crippen LogP contribution in [0.4, 0.5) is 10.5 Å². The highest BCUT2D eigenvalue weighted by atomic mass is 32.1. The quantitative estimate of drug-likeness (QED) is 0.353. The molecule has 0 saturated heterocycles. The number of para-hydroxylation sites is 1. The van der Waals surface area contributed by atoms with Crippen LogP contribution in [0.3, 0.4) is 0 Å². The fourth-order valence-corrected chi connectivity index (χ4v) is 5.45. The first-order chi connectivity index (χ1) is 17.8. The van der Waals surface area contributed by atoms with E-state index in [1.165, 1.54) is 4.88 Å². The van der Waals surface area contributed by atoms with Gasteiger partial charge in [0.2, 0.25) is 5.91 Å². The Balaban J connectivity index is 1.50. The molecular formula is C30H37N3O3S. The number of thiophene rings is 1. The molecule has 6 nitrogen and oxygen atoms in total. The Kier molecular flexibility index (Phi) is 8.87. The standard InChI is InChI=1S/C30H37N3O3S/c1-21(2)13-16-32(30(35)31-24-11-9-22(3)10-12-24)19-29(34)33-17-14-28-25(15-18-37-28)26(33)20-36-27-8-6-5-7-23(27)4/h5-12,15,18,21,26H,13-14,16-17,19-20H2,1-4H3,(H,31,35)/t26-/m0/s1. The van der Waals surface area contributed by atoms with Crippen LogP contribution in [0, 0.1) is 19.8 Å². The van der Waals surface area contributed by atoms with Gasteiger partial charge in [-0.2, -0.15) is 0 Å². The van der Waals surface area contributed by atoms with Gasteiger partial charge in [0.25, 0.3) is 0 Å². The minimum atomic E-state index is -0.251. The van der Waals surface area contributed by atoms with Crippen LogP contribution in [0.25, 0.3) is 0 Å². The lowest BCUT2D eigenvalue weighted by Gasteiger charge is -2.37. The largest absolute Gasteiger partial charge is 0.491 e. The number of fused-ring (bicyclic) bond motifs is 1. The first-order valence-corrected chi connectivity index (χ1v) is 13.9. The van der Waals surface area contributed by atoms with Crippen LogP contribution < -0.4 is 10.1 Å². The number of nitrogens with zero attached hydrogens (tertiary/aromatic N) is 2. The number of carbonyl (C=O) groups is 2. The lowest BCUT2D eigenvalue weighted by molar-refractivity contribution is -0.135. The number of hydrogen-bond acceptors (Lipinski definition) is 4. The molecule has 0 spiro atoms. The summed E-state index contributed by atoms with van der Waals surface area (Å²) in [5.41, 5.74) is 4.06. The molecule has 1 aliphatic heterocycles. The maximum Gasteiger partial charge on any atom is 0.322 e. The van der Waals surface area contributed by atoms with E-state index in [2.05, 4.69) is 30.6 Å². The van der Waals surface area contributed by atoms with E-state index in [-0.39, 0.29) is 24.5 Å². The topological polar surface area (TPSA) is 61.9 Å². The highest BCUT2D eigenvalue weighted by Gasteiger charge is 2.33. The van der Waals surface area contributed by atoms with E-state index in [1.54, 1.807) is 16.2 Å². The Bertz CT molecular complexity index is 1200. The molecule has 1 aliphatic rings. The molecule has 1 N–H and O–H groups in total. The van der Waals surface area contributed by atoms with Crippen molar-refractivity contribution >= 4 is 29.0 Å². The van der Waals surface area contributed by atoms with Crippen molar-refractivity contribution in [3.63, 3.8) is 0 Å². The van der Waals surface area contributed by atoms with E-state index in [0.29, 0.717) is 25.6 Å². The summed E-state index contributed by atoms with van der Waals surface area (Å²) in [7, 11) is 0. The second kappa shape index (κ2) is 12.3. The molecule has 0 saturated carbocycles. The molecule has 3 amide bonds. The van der Waals surface area contributed by atoms with Gasteiger partial charge in [0, 0.05) is 23.7 Å². The molecule has 0 fully saturated rings. The number of ether oxygens (including phenoxy) is 1. The average molecular weight is 520 g/mol. The lowest BCUT2D eigenvalue weighted by Crippen LogP contribution is -2.49. The third-order valence-corrected chi connectivity index (χ3v) is 7.79. The summed E-state index contributed by atoms with van der Waals surface area (Å²) in [6.07, 6.45) is 1.64. The molecule has 1 aromatic heterocycles. The fraction of sp³-hybridized carbons (Fsp3) is 0.400. The molecule has 2 aromatic carbocycles. The van der Waals surface area contributed by atoms with Crippen LogP contribution in [0.15, 0.2) is 60.0 Å². The molecule has 0 bridgehead atoms. The van der Waals surface area contributed by atoms with Gasteiger partial charge in [-0.15, -0.1) is 11.3 Å². The van der Waals surface area contributed by atoms with Gasteiger partial charge in [-0.3, -0.25) is 4.79 Å². The zero-order chi connectivity index (χ0) is 26.4. The van der Waals surface area contributed by atoms with Gasteiger partial charge in [0.1, 0.15) is 18.9 Å². The smallest absolute Gasteiger partial charge is 0.322 e. The number of amides is 3. The third kappa shape index (κ3) is 6.92. The number of carbonyl (C=O) groups excluding carboxylic acids is 2. The van der Waals surface area contributed by atoms with Gasteiger partial charge in [-0.1, -0.05) is 49.7 Å². The fourth-order valence-electron chi connectivity index (χ4n) is 4.52. The van der Waals surface area contributed by atoms with Crippen molar-refractivity contribution in [1.82, 2.24) is 9.80 Å². The number of urea groups is 1. The molecule has 196 valence electrons. The Morgan fingerprint density at radius 2 is 1.86 bits per heavy atom. The van der Waals surface area contributed by atoms with Gasteiger partial charge in [0.05, 0.1) is 6.04 Å². The SMILES string of the molecule is Cc1ccc(NC(=O)N(CCC(C)C)CC(=O)N2CCc3sccc3[C@@H]2COc2ccccc2C)cc1. The molecule has 37 heavy (non-hydrogen) atoms. The number of rotatable bonds is 9. The number of hydrogen-bond donors (Lipinski definition) is 1. The number of anilines is 1. The molecule has 0 unspecified atom stereocenters. The van der Waals surface area contributed by atoms with Gasteiger partial charge in [-0.25, -0.2) is 4.79 Å². The summed E-state index contributed by atoms with van der Waals surface area (Å²) in [4.78, 5) is 31.8. The minimum Gasteiger partial charge on any atom is -0.491 e. The summed E-state index contributed by atoms with van der Waals surface area (Å²) >= 11 is 1.73. The molecule has 2 heterocycles. The molecular weight excluding hydrogens is 482 g/mol. The average Bonchev–Trinajstić information content (AvgIpc) is 3.36.